The van der Waals surface area contributed by atoms with Crippen molar-refractivity contribution in [2.24, 2.45) is 0 Å². The van der Waals surface area contributed by atoms with Gasteiger partial charge in [-0.25, -0.2) is 8.42 Å². The van der Waals surface area contributed by atoms with Gasteiger partial charge in [0.15, 0.2) is 0 Å². The number of rotatable bonds is 4. The zero-order chi connectivity index (χ0) is 17.9. The summed E-state index contributed by atoms with van der Waals surface area (Å²) < 4.78 is 25.7. The number of anilines is 1. The minimum Gasteiger partial charge on any atom is -0.341 e. The van der Waals surface area contributed by atoms with Crippen molar-refractivity contribution in [3.05, 3.63) is 28.3 Å². The first-order valence-corrected chi connectivity index (χ1v) is 10.4. The smallest absolute Gasteiger partial charge is 0.243 e. The van der Waals surface area contributed by atoms with E-state index in [1.165, 1.54) is 0 Å². The Balaban J connectivity index is 2.32. The first kappa shape index (κ1) is 19.1. The van der Waals surface area contributed by atoms with Gasteiger partial charge in [-0.15, -0.1) is 0 Å². The molecule has 24 heavy (non-hydrogen) atoms. The van der Waals surface area contributed by atoms with Crippen LogP contribution in [0.5, 0.6) is 0 Å². The van der Waals surface area contributed by atoms with E-state index in [0.29, 0.717) is 23.8 Å². The molecule has 2 rings (SSSR count). The van der Waals surface area contributed by atoms with E-state index in [-0.39, 0.29) is 12.5 Å². The van der Waals surface area contributed by atoms with Gasteiger partial charge in [-0.1, -0.05) is 30.5 Å². The summed E-state index contributed by atoms with van der Waals surface area (Å²) in [5.41, 5.74) is 2.09. The Bertz CT molecular complexity index is 688. The van der Waals surface area contributed by atoms with Gasteiger partial charge in [0.1, 0.15) is 6.54 Å². The lowest BCUT2D eigenvalue weighted by Crippen LogP contribution is -2.43. The van der Waals surface area contributed by atoms with Crippen molar-refractivity contribution < 1.29 is 13.2 Å². The van der Waals surface area contributed by atoms with Crippen LogP contribution in [-0.2, 0) is 14.8 Å². The van der Waals surface area contributed by atoms with Gasteiger partial charge in [-0.2, -0.15) is 0 Å². The maximum Gasteiger partial charge on any atom is 0.243 e. The quantitative estimate of drug-likeness (QED) is 0.815. The molecule has 1 aliphatic heterocycles. The fourth-order valence-corrected chi connectivity index (χ4v) is 4.52. The van der Waals surface area contributed by atoms with Crippen molar-refractivity contribution in [1.82, 2.24) is 4.90 Å². The van der Waals surface area contributed by atoms with E-state index in [2.05, 4.69) is 0 Å². The van der Waals surface area contributed by atoms with Crippen molar-refractivity contribution in [2.45, 2.75) is 39.5 Å². The van der Waals surface area contributed by atoms with Gasteiger partial charge in [0, 0.05) is 13.1 Å². The fourth-order valence-electron chi connectivity index (χ4n) is 3.13. The Kier molecular flexibility index (Phi) is 6.15. The molecular weight excluding hydrogens is 348 g/mol. The van der Waals surface area contributed by atoms with Crippen molar-refractivity contribution in [1.29, 1.82) is 0 Å². The van der Waals surface area contributed by atoms with Gasteiger partial charge >= 0.3 is 0 Å². The average Bonchev–Trinajstić information content (AvgIpc) is 2.73. The molecule has 0 aliphatic carbocycles. The molecule has 1 aromatic carbocycles. The molecule has 0 aromatic heterocycles. The molecule has 1 amide bonds. The van der Waals surface area contributed by atoms with Crippen LogP contribution in [0, 0.1) is 13.8 Å². The Morgan fingerprint density at radius 3 is 2.25 bits per heavy atom. The standard InChI is InChI=1S/C17H25ClN2O3S/c1-13-10-14(2)17(15(18)11-13)20(24(3,22)23)12-16(21)19-8-6-4-5-7-9-19/h10-11H,4-9,12H2,1-3H3. The summed E-state index contributed by atoms with van der Waals surface area (Å²) in [6.07, 6.45) is 5.27. The number of benzene rings is 1. The Labute approximate surface area is 149 Å². The van der Waals surface area contributed by atoms with Gasteiger partial charge in [0.25, 0.3) is 0 Å². The lowest BCUT2D eigenvalue weighted by Gasteiger charge is -2.28. The van der Waals surface area contributed by atoms with Crippen LogP contribution in [-0.4, -0.2) is 45.1 Å². The van der Waals surface area contributed by atoms with E-state index in [1.807, 2.05) is 19.9 Å². The molecule has 0 atom stereocenters. The molecule has 5 nitrogen and oxygen atoms in total. The zero-order valence-corrected chi connectivity index (χ0v) is 16.1. The van der Waals surface area contributed by atoms with Crippen LogP contribution < -0.4 is 4.31 Å². The molecule has 0 N–H and O–H groups in total. The topological polar surface area (TPSA) is 57.7 Å². The minimum absolute atomic E-state index is 0.168. The lowest BCUT2D eigenvalue weighted by molar-refractivity contribution is -0.129. The van der Waals surface area contributed by atoms with Crippen LogP contribution in [0.3, 0.4) is 0 Å². The number of amides is 1. The molecule has 0 spiro atoms. The Morgan fingerprint density at radius 1 is 1.17 bits per heavy atom. The molecule has 1 saturated heterocycles. The monoisotopic (exact) mass is 372 g/mol. The molecule has 1 fully saturated rings. The van der Waals surface area contributed by atoms with Gasteiger partial charge in [-0.3, -0.25) is 9.10 Å². The molecule has 1 heterocycles. The maximum absolute atomic E-state index is 12.6. The number of halogens is 1. The van der Waals surface area contributed by atoms with Crippen LogP contribution in [0.15, 0.2) is 12.1 Å². The highest BCUT2D eigenvalue weighted by molar-refractivity contribution is 7.92. The number of aryl methyl sites for hydroxylation is 2. The number of hydrogen-bond acceptors (Lipinski definition) is 3. The lowest BCUT2D eigenvalue weighted by atomic mass is 10.1. The number of hydrogen-bond donors (Lipinski definition) is 0. The number of carbonyl (C=O) groups excluding carboxylic acids is 1. The minimum atomic E-state index is -3.62. The van der Waals surface area contributed by atoms with Crippen LogP contribution in [0.4, 0.5) is 5.69 Å². The third kappa shape index (κ3) is 4.63. The van der Waals surface area contributed by atoms with Crippen molar-refractivity contribution in [3.8, 4) is 0 Å². The third-order valence-electron chi connectivity index (χ3n) is 4.29. The number of likely N-dealkylation sites (tertiary alicyclic amines) is 1. The van der Waals surface area contributed by atoms with Gasteiger partial charge in [0.2, 0.25) is 15.9 Å². The number of sulfonamides is 1. The number of nitrogens with zero attached hydrogens (tertiary/aromatic N) is 2. The average molecular weight is 373 g/mol. The second kappa shape index (κ2) is 7.74. The van der Waals surface area contributed by atoms with E-state index < -0.39 is 10.0 Å². The largest absolute Gasteiger partial charge is 0.341 e. The zero-order valence-electron chi connectivity index (χ0n) is 14.5. The highest BCUT2D eigenvalue weighted by Gasteiger charge is 2.27. The normalized spacial score (nSPS) is 15.9. The van der Waals surface area contributed by atoms with Crippen molar-refractivity contribution in [2.75, 3.05) is 30.2 Å². The summed E-state index contributed by atoms with van der Waals surface area (Å²) in [4.78, 5) is 14.4. The van der Waals surface area contributed by atoms with E-state index >= 15 is 0 Å². The highest BCUT2D eigenvalue weighted by atomic mass is 35.5. The van der Waals surface area contributed by atoms with E-state index in [9.17, 15) is 13.2 Å². The molecule has 0 radical (unpaired) electrons. The highest BCUT2D eigenvalue weighted by Crippen LogP contribution is 2.32. The summed E-state index contributed by atoms with van der Waals surface area (Å²) in [5.74, 6) is -0.168. The first-order valence-electron chi connectivity index (χ1n) is 8.22. The van der Waals surface area contributed by atoms with E-state index in [4.69, 9.17) is 11.6 Å². The number of carbonyl (C=O) groups is 1. The van der Waals surface area contributed by atoms with Crippen LogP contribution in [0.25, 0.3) is 0 Å². The predicted octanol–water partition coefficient (Wildman–Crippen LogP) is 3.13. The van der Waals surface area contributed by atoms with Crippen LogP contribution in [0.2, 0.25) is 5.02 Å². The molecule has 0 saturated carbocycles. The fraction of sp³-hybridized carbons (Fsp3) is 0.588. The summed E-state index contributed by atoms with van der Waals surface area (Å²) in [5, 5.41) is 0.349. The molecule has 1 aliphatic rings. The second-order valence-corrected chi connectivity index (χ2v) is 8.79. The summed E-state index contributed by atoms with van der Waals surface area (Å²) >= 11 is 6.30. The van der Waals surface area contributed by atoms with E-state index in [0.717, 1.165) is 47.4 Å². The Morgan fingerprint density at radius 2 is 1.75 bits per heavy atom. The van der Waals surface area contributed by atoms with Gasteiger partial charge in [0.05, 0.1) is 17.0 Å². The first-order chi connectivity index (χ1) is 11.2. The van der Waals surface area contributed by atoms with Crippen LogP contribution in [0.1, 0.15) is 36.8 Å². The van der Waals surface area contributed by atoms with Gasteiger partial charge in [-0.05, 0) is 43.9 Å². The third-order valence-corrected chi connectivity index (χ3v) is 5.69. The Hall–Kier alpha value is -1.27. The van der Waals surface area contributed by atoms with Crippen molar-refractivity contribution in [3.63, 3.8) is 0 Å². The van der Waals surface area contributed by atoms with Crippen LogP contribution >= 0.6 is 11.6 Å². The molecule has 134 valence electrons. The molecule has 7 heteroatoms. The van der Waals surface area contributed by atoms with Gasteiger partial charge < -0.3 is 4.90 Å². The summed E-state index contributed by atoms with van der Waals surface area (Å²) in [6, 6.07) is 3.59. The maximum atomic E-state index is 12.6. The SMILES string of the molecule is Cc1cc(C)c(N(CC(=O)N2CCCCCC2)S(C)(=O)=O)c(Cl)c1. The molecule has 0 bridgehead atoms. The van der Waals surface area contributed by atoms with E-state index in [1.54, 1.807) is 11.0 Å². The van der Waals surface area contributed by atoms with Crippen molar-refractivity contribution >= 4 is 33.2 Å². The molecule has 0 unspecified atom stereocenters. The summed E-state index contributed by atoms with van der Waals surface area (Å²) in [7, 11) is -3.62. The predicted molar refractivity (Wildman–Crippen MR) is 98.2 cm³/mol. The summed E-state index contributed by atoms with van der Waals surface area (Å²) in [6.45, 7) is 4.88. The molecular formula is C17H25ClN2O3S. The molecule has 1 aromatic rings. The second-order valence-electron chi connectivity index (χ2n) is 6.48.